The van der Waals surface area contributed by atoms with E-state index >= 15 is 0 Å². The SMILES string of the molecule is COC1(CC(=O)Nc2cc(N)ccc2C)CCC1. The van der Waals surface area contributed by atoms with E-state index in [1.165, 1.54) is 0 Å². The summed E-state index contributed by atoms with van der Waals surface area (Å²) in [5.74, 6) is -0.00903. The molecule has 1 aromatic carbocycles. The summed E-state index contributed by atoms with van der Waals surface area (Å²) in [4.78, 5) is 12.0. The minimum atomic E-state index is -0.238. The van der Waals surface area contributed by atoms with Crippen LogP contribution in [0.5, 0.6) is 0 Å². The molecule has 1 fully saturated rings. The number of ether oxygens (including phenoxy) is 1. The number of rotatable bonds is 4. The minimum absolute atomic E-state index is 0.00903. The van der Waals surface area contributed by atoms with Crippen molar-refractivity contribution in [2.24, 2.45) is 0 Å². The van der Waals surface area contributed by atoms with Crippen LogP contribution in [-0.2, 0) is 9.53 Å². The van der Waals surface area contributed by atoms with Gasteiger partial charge in [-0.1, -0.05) is 6.07 Å². The first-order valence-electron chi connectivity index (χ1n) is 6.26. The Hall–Kier alpha value is -1.55. The Labute approximate surface area is 108 Å². The van der Waals surface area contributed by atoms with E-state index in [0.29, 0.717) is 12.1 Å². The zero-order valence-corrected chi connectivity index (χ0v) is 11.0. The monoisotopic (exact) mass is 248 g/mol. The topological polar surface area (TPSA) is 64.3 Å². The Morgan fingerprint density at radius 1 is 1.50 bits per heavy atom. The number of carbonyl (C=O) groups excluding carboxylic acids is 1. The van der Waals surface area contributed by atoms with Gasteiger partial charge in [-0.2, -0.15) is 0 Å². The van der Waals surface area contributed by atoms with Crippen molar-refractivity contribution in [1.82, 2.24) is 0 Å². The molecule has 98 valence electrons. The van der Waals surface area contributed by atoms with E-state index in [1.54, 1.807) is 13.2 Å². The van der Waals surface area contributed by atoms with Gasteiger partial charge in [0.2, 0.25) is 5.91 Å². The van der Waals surface area contributed by atoms with Crippen LogP contribution in [0, 0.1) is 6.92 Å². The van der Waals surface area contributed by atoms with Crippen molar-refractivity contribution in [3.63, 3.8) is 0 Å². The number of methoxy groups -OCH3 is 1. The molecule has 0 unspecified atom stereocenters. The number of hydrogen-bond acceptors (Lipinski definition) is 3. The van der Waals surface area contributed by atoms with E-state index in [9.17, 15) is 4.79 Å². The summed E-state index contributed by atoms with van der Waals surface area (Å²) in [5, 5.41) is 2.91. The zero-order valence-electron chi connectivity index (χ0n) is 11.0. The van der Waals surface area contributed by atoms with Crippen molar-refractivity contribution in [1.29, 1.82) is 0 Å². The summed E-state index contributed by atoms with van der Waals surface area (Å²) in [6.07, 6.45) is 3.48. The maximum atomic E-state index is 12.0. The number of nitrogens with two attached hydrogens (primary N) is 1. The zero-order chi connectivity index (χ0) is 13.2. The number of hydrogen-bond donors (Lipinski definition) is 2. The van der Waals surface area contributed by atoms with Gasteiger partial charge < -0.3 is 15.8 Å². The number of nitrogens with one attached hydrogen (secondary N) is 1. The van der Waals surface area contributed by atoms with E-state index < -0.39 is 0 Å². The lowest BCUT2D eigenvalue weighted by Crippen LogP contribution is -2.42. The molecule has 2 rings (SSSR count). The van der Waals surface area contributed by atoms with E-state index in [4.69, 9.17) is 10.5 Å². The molecule has 1 aliphatic rings. The molecule has 4 nitrogen and oxygen atoms in total. The lowest BCUT2D eigenvalue weighted by molar-refractivity contribution is -0.129. The van der Waals surface area contributed by atoms with Crippen molar-refractivity contribution in [3.8, 4) is 0 Å². The Morgan fingerprint density at radius 3 is 2.78 bits per heavy atom. The minimum Gasteiger partial charge on any atom is -0.399 e. The van der Waals surface area contributed by atoms with Crippen molar-refractivity contribution in [2.75, 3.05) is 18.2 Å². The van der Waals surface area contributed by atoms with Gasteiger partial charge in [-0.3, -0.25) is 4.79 Å². The third-order valence-corrected chi connectivity index (χ3v) is 3.72. The maximum absolute atomic E-state index is 12.0. The Balaban J connectivity index is 2.00. The summed E-state index contributed by atoms with van der Waals surface area (Å²) in [5.41, 5.74) is 7.93. The van der Waals surface area contributed by atoms with E-state index in [1.807, 2.05) is 19.1 Å². The molecule has 1 saturated carbocycles. The highest BCUT2D eigenvalue weighted by Gasteiger charge is 2.38. The third kappa shape index (κ3) is 2.64. The van der Waals surface area contributed by atoms with E-state index in [2.05, 4.69) is 5.32 Å². The summed E-state index contributed by atoms with van der Waals surface area (Å²) < 4.78 is 5.45. The predicted molar refractivity (Wildman–Crippen MR) is 72.4 cm³/mol. The number of benzene rings is 1. The van der Waals surface area contributed by atoms with Gasteiger partial charge in [0.15, 0.2) is 0 Å². The highest BCUT2D eigenvalue weighted by Crippen LogP contribution is 2.38. The van der Waals surface area contributed by atoms with Gasteiger partial charge in [-0.25, -0.2) is 0 Å². The third-order valence-electron chi connectivity index (χ3n) is 3.72. The van der Waals surface area contributed by atoms with Crippen LogP contribution in [0.1, 0.15) is 31.2 Å². The molecule has 3 N–H and O–H groups in total. The Bertz CT molecular complexity index is 448. The lowest BCUT2D eigenvalue weighted by Gasteiger charge is -2.39. The van der Waals surface area contributed by atoms with Gasteiger partial charge in [0, 0.05) is 18.5 Å². The van der Waals surface area contributed by atoms with Gasteiger partial charge in [0.05, 0.1) is 12.0 Å². The maximum Gasteiger partial charge on any atom is 0.227 e. The molecule has 4 heteroatoms. The number of anilines is 2. The molecule has 0 bridgehead atoms. The summed E-state index contributed by atoms with van der Waals surface area (Å²) in [6, 6.07) is 5.52. The predicted octanol–water partition coefficient (Wildman–Crippen LogP) is 2.47. The first kappa shape index (κ1) is 12.9. The molecular formula is C14H20N2O2. The largest absolute Gasteiger partial charge is 0.399 e. The normalized spacial score (nSPS) is 17.0. The number of aryl methyl sites for hydroxylation is 1. The molecule has 0 saturated heterocycles. The average Bonchev–Trinajstić information content (AvgIpc) is 2.28. The first-order chi connectivity index (χ1) is 8.54. The van der Waals surface area contributed by atoms with E-state index in [-0.39, 0.29) is 11.5 Å². The second-order valence-corrected chi connectivity index (χ2v) is 5.04. The second-order valence-electron chi connectivity index (χ2n) is 5.04. The number of carbonyl (C=O) groups is 1. The fraction of sp³-hybridized carbons (Fsp3) is 0.500. The molecule has 18 heavy (non-hydrogen) atoms. The van der Waals surface area contributed by atoms with Crippen LogP contribution in [0.25, 0.3) is 0 Å². The highest BCUT2D eigenvalue weighted by atomic mass is 16.5. The molecule has 1 aliphatic carbocycles. The summed E-state index contributed by atoms with van der Waals surface area (Å²) in [6.45, 7) is 1.95. The van der Waals surface area contributed by atoms with Crippen LogP contribution in [-0.4, -0.2) is 18.6 Å². The molecule has 1 amide bonds. The van der Waals surface area contributed by atoms with Crippen LogP contribution in [0.3, 0.4) is 0 Å². The van der Waals surface area contributed by atoms with Gasteiger partial charge in [0.1, 0.15) is 0 Å². The molecule has 0 radical (unpaired) electrons. The Morgan fingerprint density at radius 2 is 2.22 bits per heavy atom. The molecule has 1 aromatic rings. The molecular weight excluding hydrogens is 228 g/mol. The quantitative estimate of drug-likeness (QED) is 0.804. The van der Waals surface area contributed by atoms with Crippen molar-refractivity contribution < 1.29 is 9.53 Å². The summed E-state index contributed by atoms with van der Waals surface area (Å²) in [7, 11) is 1.68. The highest BCUT2D eigenvalue weighted by molar-refractivity contribution is 5.92. The number of nitrogen functional groups attached to an aromatic ring is 1. The first-order valence-corrected chi connectivity index (χ1v) is 6.26. The molecule has 0 spiro atoms. The summed E-state index contributed by atoms with van der Waals surface area (Å²) >= 11 is 0. The van der Waals surface area contributed by atoms with Gasteiger partial charge in [-0.05, 0) is 43.9 Å². The van der Waals surface area contributed by atoms with Crippen LogP contribution < -0.4 is 11.1 Å². The fourth-order valence-electron chi connectivity index (χ4n) is 2.29. The molecule has 0 atom stereocenters. The van der Waals surface area contributed by atoms with Gasteiger partial charge >= 0.3 is 0 Å². The lowest BCUT2D eigenvalue weighted by atomic mass is 9.77. The van der Waals surface area contributed by atoms with Crippen LogP contribution in [0.4, 0.5) is 11.4 Å². The van der Waals surface area contributed by atoms with Gasteiger partial charge in [-0.15, -0.1) is 0 Å². The van der Waals surface area contributed by atoms with E-state index in [0.717, 1.165) is 30.5 Å². The molecule has 0 heterocycles. The number of amides is 1. The molecule has 0 aliphatic heterocycles. The van der Waals surface area contributed by atoms with Crippen LogP contribution >= 0.6 is 0 Å². The standard InChI is InChI=1S/C14H20N2O2/c1-10-4-5-11(15)8-12(10)16-13(17)9-14(18-2)6-3-7-14/h4-5,8H,3,6-7,9,15H2,1-2H3,(H,16,17). The smallest absolute Gasteiger partial charge is 0.227 e. The fourth-order valence-corrected chi connectivity index (χ4v) is 2.29. The average molecular weight is 248 g/mol. The van der Waals surface area contributed by atoms with Crippen LogP contribution in [0.2, 0.25) is 0 Å². The van der Waals surface area contributed by atoms with Crippen molar-refractivity contribution in [3.05, 3.63) is 23.8 Å². The Kier molecular flexibility index (Phi) is 3.57. The van der Waals surface area contributed by atoms with Crippen LogP contribution in [0.15, 0.2) is 18.2 Å². The van der Waals surface area contributed by atoms with Crippen molar-refractivity contribution in [2.45, 2.75) is 38.2 Å². The van der Waals surface area contributed by atoms with Crippen molar-refractivity contribution >= 4 is 17.3 Å². The molecule has 0 aromatic heterocycles. The second kappa shape index (κ2) is 4.98. The van der Waals surface area contributed by atoms with Gasteiger partial charge in [0.25, 0.3) is 0 Å².